The number of carbonyl (C=O) groups excluding carboxylic acids is 2. The van der Waals surface area contributed by atoms with E-state index in [-0.39, 0.29) is 23.3 Å². The number of hydrogen-bond acceptors (Lipinski definition) is 3. The summed E-state index contributed by atoms with van der Waals surface area (Å²) in [7, 11) is 0. The Morgan fingerprint density at radius 2 is 2.12 bits per heavy atom. The molecule has 0 bridgehead atoms. The minimum absolute atomic E-state index is 0.0689. The summed E-state index contributed by atoms with van der Waals surface area (Å²) in [4.78, 5) is 26.6. The molecule has 0 radical (unpaired) electrons. The number of urea groups is 1. The third-order valence-corrected chi connectivity index (χ3v) is 5.93. The van der Waals surface area contributed by atoms with Crippen molar-refractivity contribution in [2.75, 3.05) is 36.4 Å². The first kappa shape index (κ1) is 16.4. The first-order chi connectivity index (χ1) is 12.1. The molecule has 1 aromatic carbocycles. The molecule has 6 heteroatoms. The Morgan fingerprint density at radius 3 is 2.88 bits per heavy atom. The number of fused-ring (bicyclic) bond motifs is 1. The standard InChI is InChI=1S/C19H26N4O2/c1-2-21-18(25)23-10-5-13-3-4-14(11-16(13)23)22-17(24)15-12-19(15)6-8-20-9-7-19/h3-4,11,15,20H,2,5-10,12H2,1H3,(H,21,25)(H,22,24). The molecular formula is C19H26N4O2. The van der Waals surface area contributed by atoms with Crippen LogP contribution in [0.25, 0.3) is 0 Å². The van der Waals surface area contributed by atoms with Crippen molar-refractivity contribution in [1.82, 2.24) is 10.6 Å². The number of piperidine rings is 1. The fourth-order valence-electron chi connectivity index (χ4n) is 4.34. The average molecular weight is 342 g/mol. The smallest absolute Gasteiger partial charge is 0.321 e. The van der Waals surface area contributed by atoms with E-state index in [2.05, 4.69) is 16.0 Å². The van der Waals surface area contributed by atoms with E-state index < -0.39 is 0 Å². The van der Waals surface area contributed by atoms with E-state index in [1.165, 1.54) is 0 Å². The first-order valence-electron chi connectivity index (χ1n) is 9.33. The van der Waals surface area contributed by atoms with Crippen molar-refractivity contribution in [2.24, 2.45) is 11.3 Å². The summed E-state index contributed by atoms with van der Waals surface area (Å²) < 4.78 is 0. The fourth-order valence-corrected chi connectivity index (χ4v) is 4.34. The van der Waals surface area contributed by atoms with Gasteiger partial charge in [0.2, 0.25) is 5.91 Å². The van der Waals surface area contributed by atoms with Gasteiger partial charge in [0, 0.05) is 24.7 Å². The van der Waals surface area contributed by atoms with Gasteiger partial charge in [0.15, 0.2) is 0 Å². The van der Waals surface area contributed by atoms with Gasteiger partial charge in [-0.1, -0.05) is 6.07 Å². The third kappa shape index (κ3) is 2.99. The molecule has 1 unspecified atom stereocenters. The number of nitrogens with one attached hydrogen (secondary N) is 3. The molecule has 1 saturated carbocycles. The number of anilines is 2. The summed E-state index contributed by atoms with van der Waals surface area (Å²) in [5.74, 6) is 0.270. The highest BCUT2D eigenvalue weighted by molar-refractivity contribution is 5.98. The van der Waals surface area contributed by atoms with Crippen LogP contribution in [-0.4, -0.2) is 38.1 Å². The Morgan fingerprint density at radius 1 is 1.32 bits per heavy atom. The highest BCUT2D eigenvalue weighted by atomic mass is 16.2. The van der Waals surface area contributed by atoms with E-state index in [9.17, 15) is 9.59 Å². The van der Waals surface area contributed by atoms with Crippen LogP contribution in [0.1, 0.15) is 31.7 Å². The maximum atomic E-state index is 12.6. The lowest BCUT2D eigenvalue weighted by atomic mass is 9.92. The van der Waals surface area contributed by atoms with Gasteiger partial charge in [0.25, 0.3) is 0 Å². The van der Waals surface area contributed by atoms with Gasteiger partial charge in [0.1, 0.15) is 0 Å². The van der Waals surface area contributed by atoms with Crippen molar-refractivity contribution in [2.45, 2.75) is 32.6 Å². The molecule has 1 aromatic rings. The molecular weight excluding hydrogens is 316 g/mol. The molecule has 1 atom stereocenters. The predicted octanol–water partition coefficient (Wildman–Crippen LogP) is 2.11. The largest absolute Gasteiger partial charge is 0.338 e. The van der Waals surface area contributed by atoms with E-state index in [0.717, 1.165) is 55.7 Å². The molecule has 134 valence electrons. The van der Waals surface area contributed by atoms with E-state index in [0.29, 0.717) is 13.1 Å². The summed E-state index contributed by atoms with van der Waals surface area (Å²) in [6.45, 7) is 5.25. The fraction of sp³-hybridized carbons (Fsp3) is 0.579. The molecule has 2 fully saturated rings. The molecule has 6 nitrogen and oxygen atoms in total. The maximum Gasteiger partial charge on any atom is 0.321 e. The van der Waals surface area contributed by atoms with Crippen LogP contribution in [0.5, 0.6) is 0 Å². The van der Waals surface area contributed by atoms with E-state index in [1.807, 2.05) is 25.1 Å². The van der Waals surface area contributed by atoms with Crippen LogP contribution in [0.2, 0.25) is 0 Å². The Kier molecular flexibility index (Phi) is 4.15. The molecule has 3 N–H and O–H groups in total. The quantitative estimate of drug-likeness (QED) is 0.788. The number of benzene rings is 1. The zero-order chi connectivity index (χ0) is 17.4. The van der Waals surface area contributed by atoms with Crippen LogP contribution in [0, 0.1) is 11.3 Å². The highest BCUT2D eigenvalue weighted by Crippen LogP contribution is 2.58. The number of rotatable bonds is 3. The minimum Gasteiger partial charge on any atom is -0.338 e. The number of hydrogen-bond donors (Lipinski definition) is 3. The Hall–Kier alpha value is -2.08. The third-order valence-electron chi connectivity index (χ3n) is 5.93. The second-order valence-electron chi connectivity index (χ2n) is 7.44. The van der Waals surface area contributed by atoms with Gasteiger partial charge in [-0.05, 0) is 68.8 Å². The summed E-state index contributed by atoms with van der Waals surface area (Å²) in [6.07, 6.45) is 4.07. The highest BCUT2D eigenvalue weighted by Gasteiger charge is 2.57. The molecule has 0 aromatic heterocycles. The molecule has 1 saturated heterocycles. The lowest BCUT2D eigenvalue weighted by molar-refractivity contribution is -0.118. The van der Waals surface area contributed by atoms with Gasteiger partial charge < -0.3 is 16.0 Å². The molecule has 3 aliphatic rings. The zero-order valence-corrected chi connectivity index (χ0v) is 14.7. The van der Waals surface area contributed by atoms with Crippen LogP contribution in [-0.2, 0) is 11.2 Å². The zero-order valence-electron chi connectivity index (χ0n) is 14.7. The summed E-state index contributed by atoms with van der Waals surface area (Å²) >= 11 is 0. The molecule has 1 aliphatic carbocycles. The van der Waals surface area contributed by atoms with Gasteiger partial charge >= 0.3 is 6.03 Å². The van der Waals surface area contributed by atoms with Crippen molar-refractivity contribution in [3.63, 3.8) is 0 Å². The van der Waals surface area contributed by atoms with Crippen LogP contribution in [0.3, 0.4) is 0 Å². The molecule has 25 heavy (non-hydrogen) atoms. The monoisotopic (exact) mass is 342 g/mol. The van der Waals surface area contributed by atoms with Crippen LogP contribution >= 0.6 is 0 Å². The topological polar surface area (TPSA) is 73.5 Å². The predicted molar refractivity (Wildman–Crippen MR) is 97.8 cm³/mol. The maximum absolute atomic E-state index is 12.6. The number of amides is 3. The van der Waals surface area contributed by atoms with Gasteiger partial charge in [-0.15, -0.1) is 0 Å². The van der Waals surface area contributed by atoms with Crippen LogP contribution in [0.15, 0.2) is 18.2 Å². The molecule has 1 spiro atoms. The van der Waals surface area contributed by atoms with Crippen molar-refractivity contribution in [1.29, 1.82) is 0 Å². The van der Waals surface area contributed by atoms with E-state index in [1.54, 1.807) is 4.90 Å². The second kappa shape index (κ2) is 6.33. The Bertz CT molecular complexity index is 697. The van der Waals surface area contributed by atoms with Crippen molar-refractivity contribution in [3.8, 4) is 0 Å². The van der Waals surface area contributed by atoms with Crippen molar-refractivity contribution >= 4 is 23.3 Å². The SMILES string of the molecule is CCNC(=O)N1CCc2ccc(NC(=O)C3CC34CCNCC4)cc21. The first-order valence-corrected chi connectivity index (χ1v) is 9.33. The second-order valence-corrected chi connectivity index (χ2v) is 7.44. The number of carbonyl (C=O) groups is 2. The molecule has 2 aliphatic heterocycles. The molecule has 2 heterocycles. The van der Waals surface area contributed by atoms with Crippen molar-refractivity contribution < 1.29 is 9.59 Å². The summed E-state index contributed by atoms with van der Waals surface area (Å²) in [6, 6.07) is 5.85. The van der Waals surface area contributed by atoms with Gasteiger partial charge in [-0.3, -0.25) is 9.69 Å². The summed E-state index contributed by atoms with van der Waals surface area (Å²) in [5, 5.41) is 9.30. The normalized spacial score (nSPS) is 23.2. The van der Waals surface area contributed by atoms with Gasteiger partial charge in [-0.25, -0.2) is 4.79 Å². The molecule has 4 rings (SSSR count). The molecule has 3 amide bonds. The van der Waals surface area contributed by atoms with Crippen LogP contribution < -0.4 is 20.9 Å². The minimum atomic E-state index is -0.0689. The van der Waals surface area contributed by atoms with Gasteiger partial charge in [0.05, 0.1) is 5.69 Å². The Balaban J connectivity index is 1.45. The lowest BCUT2D eigenvalue weighted by Crippen LogP contribution is -2.38. The van der Waals surface area contributed by atoms with E-state index in [4.69, 9.17) is 0 Å². The van der Waals surface area contributed by atoms with Crippen molar-refractivity contribution in [3.05, 3.63) is 23.8 Å². The Labute approximate surface area is 148 Å². The summed E-state index contributed by atoms with van der Waals surface area (Å²) in [5.41, 5.74) is 3.09. The van der Waals surface area contributed by atoms with Crippen LogP contribution in [0.4, 0.5) is 16.2 Å². The number of nitrogens with zero attached hydrogens (tertiary/aromatic N) is 1. The average Bonchev–Trinajstić information content (AvgIpc) is 3.13. The lowest BCUT2D eigenvalue weighted by Gasteiger charge is -2.23. The van der Waals surface area contributed by atoms with E-state index >= 15 is 0 Å². The van der Waals surface area contributed by atoms with Gasteiger partial charge in [-0.2, -0.15) is 0 Å².